The molecule has 0 fully saturated rings. The van der Waals surface area contributed by atoms with Crippen LogP contribution < -0.4 is 0 Å². The fourth-order valence-electron chi connectivity index (χ4n) is 0.410. The molecule has 0 unspecified atom stereocenters. The average molecular weight is 172 g/mol. The number of nitriles is 1. The summed E-state index contributed by atoms with van der Waals surface area (Å²) in [5.74, 6) is 0.487. The summed E-state index contributed by atoms with van der Waals surface area (Å²) in [6.07, 6.45) is 5.65. The Morgan fingerprint density at radius 3 is 2.27 bits per heavy atom. The van der Waals surface area contributed by atoms with E-state index >= 15 is 0 Å². The van der Waals surface area contributed by atoms with Gasteiger partial charge < -0.3 is 4.90 Å². The minimum absolute atomic E-state index is 0.0663. The van der Waals surface area contributed by atoms with Crippen molar-refractivity contribution in [3.8, 4) is 6.19 Å². The summed E-state index contributed by atoms with van der Waals surface area (Å²) in [7, 11) is 3.56. The molecule has 0 heterocycles. The zero-order chi connectivity index (χ0) is 8.85. The highest BCUT2D eigenvalue weighted by atomic mass is 32.2. The van der Waals surface area contributed by atoms with Crippen molar-refractivity contribution in [3.63, 3.8) is 0 Å². The molecular formula is C6H12N4S. The van der Waals surface area contributed by atoms with E-state index in [-0.39, 0.29) is 10.7 Å². The first-order chi connectivity index (χ1) is 5.07. The highest BCUT2D eigenvalue weighted by Gasteiger charge is 1.97. The van der Waals surface area contributed by atoms with Crippen LogP contribution in [0.4, 0.5) is 0 Å². The van der Waals surface area contributed by atoms with Gasteiger partial charge in [-0.05, 0) is 12.5 Å². The Kier molecular flexibility index (Phi) is 4.46. The van der Waals surface area contributed by atoms with Gasteiger partial charge in [0.05, 0.1) is 0 Å². The predicted molar refractivity (Wildman–Crippen MR) is 48.4 cm³/mol. The smallest absolute Gasteiger partial charge is 0.241 e. The first-order valence-corrected chi connectivity index (χ1v) is 5.01. The van der Waals surface area contributed by atoms with Gasteiger partial charge in [-0.1, -0.05) is 10.7 Å². The summed E-state index contributed by atoms with van der Waals surface area (Å²) in [5.41, 5.74) is 0. The van der Waals surface area contributed by atoms with Gasteiger partial charge in [-0.15, -0.1) is 4.99 Å². The van der Waals surface area contributed by atoms with E-state index < -0.39 is 0 Å². The van der Waals surface area contributed by atoms with Crippen LogP contribution in [0.25, 0.3) is 0 Å². The van der Waals surface area contributed by atoms with E-state index in [9.17, 15) is 0 Å². The topological polar surface area (TPSA) is 51.8 Å². The van der Waals surface area contributed by atoms with Crippen molar-refractivity contribution in [2.24, 2.45) is 9.36 Å². The summed E-state index contributed by atoms with van der Waals surface area (Å²) in [5, 5.41) is 8.28. The standard InChI is InChI=1S/C6H12N4S/c1-10(2)6(8-5-7)9-11(3)4/h1-4H3. The lowest BCUT2D eigenvalue weighted by Crippen LogP contribution is -2.20. The monoisotopic (exact) mass is 172 g/mol. The second-order valence-electron chi connectivity index (χ2n) is 2.27. The maximum absolute atomic E-state index is 8.28. The van der Waals surface area contributed by atoms with Crippen molar-refractivity contribution >= 4 is 16.7 Å². The van der Waals surface area contributed by atoms with Crippen LogP contribution in [0.2, 0.25) is 0 Å². The lowest BCUT2D eigenvalue weighted by molar-refractivity contribution is 0.616. The lowest BCUT2D eigenvalue weighted by atomic mass is 10.8. The quantitative estimate of drug-likeness (QED) is 0.302. The fourth-order valence-corrected chi connectivity index (χ4v) is 0.941. The van der Waals surface area contributed by atoms with Crippen LogP contribution in [0, 0.1) is 11.5 Å². The van der Waals surface area contributed by atoms with Crippen LogP contribution in [0.3, 0.4) is 0 Å². The second-order valence-corrected chi connectivity index (χ2v) is 4.00. The average Bonchev–Trinajstić information content (AvgIpc) is 1.86. The number of hydrogen-bond donors (Lipinski definition) is 0. The van der Waals surface area contributed by atoms with Gasteiger partial charge in [0.1, 0.15) is 0 Å². The lowest BCUT2D eigenvalue weighted by Gasteiger charge is -2.08. The van der Waals surface area contributed by atoms with Gasteiger partial charge >= 0.3 is 0 Å². The third kappa shape index (κ3) is 4.51. The van der Waals surface area contributed by atoms with Crippen molar-refractivity contribution in [1.82, 2.24) is 4.90 Å². The maximum Gasteiger partial charge on any atom is 0.241 e. The number of rotatable bonds is 0. The Morgan fingerprint density at radius 2 is 2.00 bits per heavy atom. The molecule has 11 heavy (non-hydrogen) atoms. The first kappa shape index (κ1) is 10.1. The molecule has 0 spiro atoms. The van der Waals surface area contributed by atoms with E-state index in [1.54, 1.807) is 11.1 Å². The molecule has 0 aliphatic rings. The van der Waals surface area contributed by atoms with E-state index in [0.29, 0.717) is 5.96 Å². The SMILES string of the molecule is CN(C)C(=NC#N)N=S(C)C. The third-order valence-electron chi connectivity index (χ3n) is 0.814. The van der Waals surface area contributed by atoms with E-state index in [1.807, 2.05) is 26.6 Å². The van der Waals surface area contributed by atoms with Gasteiger partial charge in [-0.3, -0.25) is 0 Å². The van der Waals surface area contributed by atoms with Gasteiger partial charge in [0.2, 0.25) is 12.2 Å². The Balaban J connectivity index is 4.53. The first-order valence-electron chi connectivity index (χ1n) is 3.01. The number of guanidine groups is 1. The van der Waals surface area contributed by atoms with Crippen LogP contribution in [-0.2, 0) is 10.7 Å². The van der Waals surface area contributed by atoms with Crippen LogP contribution in [0.15, 0.2) is 9.36 Å². The van der Waals surface area contributed by atoms with Gasteiger partial charge in [-0.2, -0.15) is 9.62 Å². The second kappa shape index (κ2) is 4.85. The highest BCUT2D eigenvalue weighted by Crippen LogP contribution is 1.88. The fraction of sp³-hybridized carbons (Fsp3) is 0.667. The molecule has 0 aromatic rings. The van der Waals surface area contributed by atoms with E-state index in [4.69, 9.17) is 5.26 Å². The van der Waals surface area contributed by atoms with E-state index in [1.165, 1.54) is 0 Å². The van der Waals surface area contributed by atoms with Crippen molar-refractivity contribution in [3.05, 3.63) is 0 Å². The summed E-state index contributed by atoms with van der Waals surface area (Å²) in [6, 6.07) is 0. The van der Waals surface area contributed by atoms with Crippen LogP contribution in [0.5, 0.6) is 0 Å². The summed E-state index contributed by atoms with van der Waals surface area (Å²) >= 11 is 0. The van der Waals surface area contributed by atoms with Crippen molar-refractivity contribution in [1.29, 1.82) is 5.26 Å². The zero-order valence-electron chi connectivity index (χ0n) is 7.20. The molecule has 5 heteroatoms. The molecule has 0 aromatic carbocycles. The molecule has 0 atom stereocenters. The molecule has 0 amide bonds. The van der Waals surface area contributed by atoms with Gasteiger partial charge in [0.15, 0.2) is 0 Å². The molecule has 0 aliphatic heterocycles. The molecule has 62 valence electrons. The Bertz CT molecular complexity index is 219. The predicted octanol–water partition coefficient (Wildman–Crippen LogP) is 0.447. The van der Waals surface area contributed by atoms with E-state index in [2.05, 4.69) is 9.36 Å². The molecule has 0 aromatic heterocycles. The Hall–Kier alpha value is -0.890. The van der Waals surface area contributed by atoms with Gasteiger partial charge in [-0.25, -0.2) is 0 Å². The van der Waals surface area contributed by atoms with Crippen molar-refractivity contribution in [2.45, 2.75) is 0 Å². The molecular weight excluding hydrogens is 160 g/mol. The maximum atomic E-state index is 8.28. The highest BCUT2D eigenvalue weighted by molar-refractivity contribution is 7.86. The minimum Gasteiger partial charge on any atom is -0.346 e. The van der Waals surface area contributed by atoms with E-state index in [0.717, 1.165) is 0 Å². The summed E-state index contributed by atoms with van der Waals surface area (Å²) in [6.45, 7) is 0. The number of nitrogens with zero attached hydrogens (tertiary/aromatic N) is 4. The van der Waals surface area contributed by atoms with Crippen LogP contribution >= 0.6 is 0 Å². The van der Waals surface area contributed by atoms with Crippen molar-refractivity contribution in [2.75, 3.05) is 26.6 Å². The molecule has 0 bridgehead atoms. The van der Waals surface area contributed by atoms with Crippen LogP contribution in [-0.4, -0.2) is 37.5 Å². The van der Waals surface area contributed by atoms with Crippen molar-refractivity contribution < 1.29 is 0 Å². The molecule has 0 radical (unpaired) electrons. The van der Waals surface area contributed by atoms with Gasteiger partial charge in [0.25, 0.3) is 0 Å². The Morgan fingerprint density at radius 1 is 1.45 bits per heavy atom. The third-order valence-corrected chi connectivity index (χ3v) is 1.34. The molecule has 0 saturated carbocycles. The molecule has 0 saturated heterocycles. The molecule has 0 N–H and O–H groups in total. The Labute approximate surface area is 69.6 Å². The molecule has 0 aliphatic carbocycles. The normalized spacial score (nSPS) is 11.1. The number of aliphatic imine (C=N–C) groups is 1. The zero-order valence-corrected chi connectivity index (χ0v) is 8.01. The number of hydrogen-bond acceptors (Lipinski definition) is 2. The summed E-state index contributed by atoms with van der Waals surface area (Å²) < 4.78 is 4.15. The van der Waals surface area contributed by atoms with Gasteiger partial charge in [0, 0.05) is 14.1 Å². The molecule has 0 rings (SSSR count). The minimum atomic E-state index is -0.0663. The largest absolute Gasteiger partial charge is 0.346 e. The summed E-state index contributed by atoms with van der Waals surface area (Å²) in [4.78, 5) is 5.27. The molecule has 4 nitrogen and oxygen atoms in total. The van der Waals surface area contributed by atoms with Crippen LogP contribution in [0.1, 0.15) is 0 Å².